The van der Waals surface area contributed by atoms with Crippen molar-refractivity contribution in [3.63, 3.8) is 0 Å². The first-order chi connectivity index (χ1) is 11.7. The third kappa shape index (κ3) is 3.10. The number of hydrogen-bond donors (Lipinski definition) is 0. The van der Waals surface area contributed by atoms with Gasteiger partial charge in [0.15, 0.2) is 0 Å². The molecule has 4 nitrogen and oxygen atoms in total. The highest BCUT2D eigenvalue weighted by Gasteiger charge is 2.30. The minimum atomic E-state index is 0.680. The average molecular weight is 345 g/mol. The lowest BCUT2D eigenvalue weighted by molar-refractivity contribution is 0.107. The van der Waals surface area contributed by atoms with E-state index in [2.05, 4.69) is 38.7 Å². The molecule has 5 heteroatoms. The van der Waals surface area contributed by atoms with Crippen LogP contribution in [0.3, 0.4) is 0 Å². The fraction of sp³-hybridized carbons (Fsp3) is 0.526. The van der Waals surface area contributed by atoms with Crippen molar-refractivity contribution in [2.45, 2.75) is 19.4 Å². The molecule has 2 aromatic rings. The Kier molecular flexibility index (Phi) is 4.61. The summed E-state index contributed by atoms with van der Waals surface area (Å²) >= 11 is 6.11. The summed E-state index contributed by atoms with van der Waals surface area (Å²) in [6.07, 6.45) is 3.16. The van der Waals surface area contributed by atoms with Gasteiger partial charge in [0, 0.05) is 67.6 Å². The maximum atomic E-state index is 6.11. The summed E-state index contributed by atoms with van der Waals surface area (Å²) in [5.41, 5.74) is 2.28. The Balaban J connectivity index is 1.49. The molecule has 24 heavy (non-hydrogen) atoms. The van der Waals surface area contributed by atoms with Crippen LogP contribution in [0.1, 0.15) is 13.3 Å². The Hall–Kier alpha value is -1.36. The van der Waals surface area contributed by atoms with Gasteiger partial charge in [-0.15, -0.1) is 0 Å². The van der Waals surface area contributed by atoms with Crippen molar-refractivity contribution in [1.82, 2.24) is 14.8 Å². The largest absolute Gasteiger partial charge is 0.369 e. The van der Waals surface area contributed by atoms with Crippen LogP contribution in [0.25, 0.3) is 10.9 Å². The van der Waals surface area contributed by atoms with Crippen LogP contribution in [0, 0.1) is 0 Å². The Morgan fingerprint density at radius 2 is 1.96 bits per heavy atom. The molecule has 0 spiro atoms. The third-order valence-electron chi connectivity index (χ3n) is 5.56. The van der Waals surface area contributed by atoms with Gasteiger partial charge < -0.3 is 9.80 Å². The van der Waals surface area contributed by atoms with E-state index in [-0.39, 0.29) is 0 Å². The summed E-state index contributed by atoms with van der Waals surface area (Å²) < 4.78 is 0. The van der Waals surface area contributed by atoms with Crippen LogP contribution in [-0.2, 0) is 0 Å². The van der Waals surface area contributed by atoms with Gasteiger partial charge in [-0.25, -0.2) is 0 Å². The van der Waals surface area contributed by atoms with Gasteiger partial charge in [-0.3, -0.25) is 9.88 Å². The molecule has 4 rings (SSSR count). The monoisotopic (exact) mass is 344 g/mol. The molecule has 2 aliphatic heterocycles. The molecule has 0 saturated carbocycles. The Morgan fingerprint density at radius 3 is 2.75 bits per heavy atom. The second-order valence-electron chi connectivity index (χ2n) is 6.85. The molecule has 1 unspecified atom stereocenters. The van der Waals surface area contributed by atoms with Gasteiger partial charge in [-0.1, -0.05) is 18.5 Å². The van der Waals surface area contributed by atoms with E-state index >= 15 is 0 Å². The number of rotatable bonds is 3. The zero-order chi connectivity index (χ0) is 16.5. The van der Waals surface area contributed by atoms with E-state index in [1.165, 1.54) is 50.2 Å². The molecule has 1 aromatic heterocycles. The van der Waals surface area contributed by atoms with Crippen molar-refractivity contribution in [3.8, 4) is 0 Å². The van der Waals surface area contributed by atoms with E-state index in [1.807, 2.05) is 18.3 Å². The van der Waals surface area contributed by atoms with Crippen molar-refractivity contribution >= 4 is 28.2 Å². The number of anilines is 1. The normalized spacial score (nSPS) is 23.2. The van der Waals surface area contributed by atoms with Crippen molar-refractivity contribution < 1.29 is 0 Å². The Bertz CT molecular complexity index is 712. The van der Waals surface area contributed by atoms with Gasteiger partial charge in [0.1, 0.15) is 0 Å². The number of nitrogens with zero attached hydrogens (tertiary/aromatic N) is 4. The second kappa shape index (κ2) is 6.87. The SMILES string of the molecule is CCN1CCN(C2CCN(c3ccnc4cc(Cl)ccc34)C2)CC1. The third-order valence-corrected chi connectivity index (χ3v) is 5.79. The number of piperazine rings is 1. The van der Waals surface area contributed by atoms with Crippen LogP contribution in [0.4, 0.5) is 5.69 Å². The molecular formula is C19H25ClN4. The van der Waals surface area contributed by atoms with Crippen LogP contribution in [-0.4, -0.2) is 66.6 Å². The zero-order valence-electron chi connectivity index (χ0n) is 14.3. The molecule has 0 radical (unpaired) electrons. The molecule has 1 atom stereocenters. The van der Waals surface area contributed by atoms with E-state index in [1.54, 1.807) is 0 Å². The lowest BCUT2D eigenvalue weighted by Crippen LogP contribution is -2.50. The van der Waals surface area contributed by atoms with E-state index in [0.29, 0.717) is 6.04 Å². The summed E-state index contributed by atoms with van der Waals surface area (Å²) in [6.45, 7) is 10.5. The summed E-state index contributed by atoms with van der Waals surface area (Å²) in [5.74, 6) is 0. The highest BCUT2D eigenvalue weighted by atomic mass is 35.5. The minimum absolute atomic E-state index is 0.680. The van der Waals surface area contributed by atoms with Crippen molar-refractivity contribution in [3.05, 3.63) is 35.5 Å². The molecule has 1 aromatic carbocycles. The number of likely N-dealkylation sites (N-methyl/N-ethyl adjacent to an activating group) is 1. The first-order valence-corrected chi connectivity index (χ1v) is 9.38. The molecule has 2 fully saturated rings. The van der Waals surface area contributed by atoms with Crippen molar-refractivity contribution in [2.75, 3.05) is 50.7 Å². The molecule has 0 N–H and O–H groups in total. The predicted molar refractivity (Wildman–Crippen MR) is 101 cm³/mol. The summed E-state index contributed by atoms with van der Waals surface area (Å²) in [4.78, 5) is 12.2. The summed E-state index contributed by atoms with van der Waals surface area (Å²) in [6, 6.07) is 8.85. The Labute approximate surface area is 149 Å². The lowest BCUT2D eigenvalue weighted by atomic mass is 10.1. The fourth-order valence-electron chi connectivity index (χ4n) is 4.09. The van der Waals surface area contributed by atoms with Gasteiger partial charge in [0.25, 0.3) is 0 Å². The number of fused-ring (bicyclic) bond motifs is 1. The van der Waals surface area contributed by atoms with E-state index in [0.717, 1.165) is 23.6 Å². The fourth-order valence-corrected chi connectivity index (χ4v) is 4.25. The number of halogens is 1. The van der Waals surface area contributed by atoms with Crippen LogP contribution < -0.4 is 4.90 Å². The summed E-state index contributed by atoms with van der Waals surface area (Å²) in [7, 11) is 0. The molecule has 0 amide bonds. The lowest BCUT2D eigenvalue weighted by Gasteiger charge is -2.37. The highest BCUT2D eigenvalue weighted by molar-refractivity contribution is 6.31. The van der Waals surface area contributed by atoms with Crippen LogP contribution in [0.15, 0.2) is 30.5 Å². The molecule has 0 bridgehead atoms. The number of benzene rings is 1. The van der Waals surface area contributed by atoms with Crippen LogP contribution >= 0.6 is 11.6 Å². The zero-order valence-corrected chi connectivity index (χ0v) is 15.0. The molecule has 3 heterocycles. The highest BCUT2D eigenvalue weighted by Crippen LogP contribution is 2.31. The molecular weight excluding hydrogens is 320 g/mol. The number of hydrogen-bond acceptors (Lipinski definition) is 4. The van der Waals surface area contributed by atoms with E-state index in [9.17, 15) is 0 Å². The standard InChI is InChI=1S/C19H25ClN4/c1-2-22-9-11-23(12-10-22)16-6-8-24(14-16)19-5-7-21-18-13-15(20)3-4-17(18)19/h3-5,7,13,16H,2,6,8-12,14H2,1H3. The topological polar surface area (TPSA) is 22.6 Å². The number of aromatic nitrogens is 1. The first kappa shape index (κ1) is 16.1. The molecule has 0 aliphatic carbocycles. The van der Waals surface area contributed by atoms with Crippen molar-refractivity contribution in [2.24, 2.45) is 0 Å². The molecule has 2 saturated heterocycles. The number of pyridine rings is 1. The first-order valence-electron chi connectivity index (χ1n) is 9.00. The molecule has 128 valence electrons. The molecule has 2 aliphatic rings. The average Bonchev–Trinajstić information content (AvgIpc) is 3.11. The van der Waals surface area contributed by atoms with Crippen molar-refractivity contribution in [1.29, 1.82) is 0 Å². The van der Waals surface area contributed by atoms with E-state index < -0.39 is 0 Å². The van der Waals surface area contributed by atoms with Crippen LogP contribution in [0.2, 0.25) is 5.02 Å². The summed E-state index contributed by atoms with van der Waals surface area (Å²) in [5, 5.41) is 1.96. The Morgan fingerprint density at radius 1 is 1.12 bits per heavy atom. The van der Waals surface area contributed by atoms with Gasteiger partial charge in [0.05, 0.1) is 5.52 Å². The van der Waals surface area contributed by atoms with Gasteiger partial charge in [-0.2, -0.15) is 0 Å². The second-order valence-corrected chi connectivity index (χ2v) is 7.29. The minimum Gasteiger partial charge on any atom is -0.369 e. The maximum Gasteiger partial charge on any atom is 0.0737 e. The van der Waals surface area contributed by atoms with Crippen LogP contribution in [0.5, 0.6) is 0 Å². The maximum absolute atomic E-state index is 6.11. The quantitative estimate of drug-likeness (QED) is 0.853. The predicted octanol–water partition coefficient (Wildman–Crippen LogP) is 3.10. The van der Waals surface area contributed by atoms with Gasteiger partial charge in [-0.05, 0) is 37.2 Å². The van der Waals surface area contributed by atoms with Gasteiger partial charge >= 0.3 is 0 Å². The smallest absolute Gasteiger partial charge is 0.0737 e. The van der Waals surface area contributed by atoms with Gasteiger partial charge in [0.2, 0.25) is 0 Å². The van der Waals surface area contributed by atoms with E-state index in [4.69, 9.17) is 11.6 Å².